The highest BCUT2D eigenvalue weighted by molar-refractivity contribution is 6.11. The predicted molar refractivity (Wildman–Crippen MR) is 257 cm³/mol. The summed E-state index contributed by atoms with van der Waals surface area (Å²) in [5.41, 5.74) is 15.3. The second-order valence-corrected chi connectivity index (χ2v) is 15.6. The van der Waals surface area contributed by atoms with Crippen LogP contribution in [0.3, 0.4) is 0 Å². The van der Waals surface area contributed by atoms with Crippen LogP contribution in [0.5, 0.6) is 0 Å². The fourth-order valence-corrected chi connectivity index (χ4v) is 9.42. The Bertz CT molecular complexity index is 3560. The number of hydrogen-bond acceptors (Lipinski definition) is 2. The second-order valence-electron chi connectivity index (χ2n) is 15.6. The van der Waals surface area contributed by atoms with Gasteiger partial charge < -0.3 is 13.9 Å². The molecular formula is C58H38N2O. The van der Waals surface area contributed by atoms with E-state index in [0.717, 1.165) is 78.1 Å². The molecular weight excluding hydrogens is 741 g/mol. The molecule has 12 rings (SSSR count). The lowest BCUT2D eigenvalue weighted by Crippen LogP contribution is -2.13. The van der Waals surface area contributed by atoms with Crippen molar-refractivity contribution in [2.24, 2.45) is 0 Å². The summed E-state index contributed by atoms with van der Waals surface area (Å²) in [6, 6.07) is 83.0. The minimum atomic E-state index is 0.899. The van der Waals surface area contributed by atoms with E-state index < -0.39 is 0 Å². The minimum Gasteiger partial charge on any atom is -0.455 e. The molecule has 0 unspecified atom stereocenters. The molecule has 61 heavy (non-hydrogen) atoms. The maximum Gasteiger partial charge on any atom is 0.143 e. The molecule has 3 heteroatoms. The van der Waals surface area contributed by atoms with Crippen molar-refractivity contribution >= 4 is 71.6 Å². The topological polar surface area (TPSA) is 21.3 Å². The molecule has 2 heterocycles. The van der Waals surface area contributed by atoms with Crippen LogP contribution in [0.15, 0.2) is 235 Å². The summed E-state index contributed by atoms with van der Waals surface area (Å²) < 4.78 is 8.93. The Labute approximate surface area is 353 Å². The van der Waals surface area contributed by atoms with E-state index in [2.05, 4.69) is 228 Å². The summed E-state index contributed by atoms with van der Waals surface area (Å²) in [7, 11) is 0. The monoisotopic (exact) mass is 778 g/mol. The number of benzene rings is 10. The van der Waals surface area contributed by atoms with Gasteiger partial charge in [-0.05, 0) is 76.5 Å². The molecule has 12 aromatic rings. The number of hydrogen-bond donors (Lipinski definition) is 0. The molecule has 0 aliphatic rings. The molecule has 0 bridgehead atoms. The molecule has 0 saturated heterocycles. The summed E-state index contributed by atoms with van der Waals surface area (Å²) in [4.78, 5) is 2.44. The Balaban J connectivity index is 1.08. The quantitative estimate of drug-likeness (QED) is 0.161. The SMILES string of the molecule is c1ccc(N(c2ccc(-c3cccc4c3oc3ccccc34)cc2)c2ccccc2-c2ccccc2-n2c3ccccc3c3ccccc32)c(-c2ccc3ccccc3c2)c1. The molecule has 0 atom stereocenters. The van der Waals surface area contributed by atoms with Crippen molar-refractivity contribution in [3.8, 4) is 39.1 Å². The molecule has 0 aliphatic carbocycles. The largest absolute Gasteiger partial charge is 0.455 e. The lowest BCUT2D eigenvalue weighted by molar-refractivity contribution is 0.670. The molecule has 0 fully saturated rings. The van der Waals surface area contributed by atoms with Gasteiger partial charge in [0, 0.05) is 49.5 Å². The van der Waals surface area contributed by atoms with Gasteiger partial charge in [-0.15, -0.1) is 0 Å². The zero-order valence-corrected chi connectivity index (χ0v) is 33.2. The van der Waals surface area contributed by atoms with Crippen LogP contribution in [0.1, 0.15) is 0 Å². The van der Waals surface area contributed by atoms with Crippen LogP contribution in [0, 0.1) is 0 Å². The van der Waals surface area contributed by atoms with E-state index >= 15 is 0 Å². The van der Waals surface area contributed by atoms with Gasteiger partial charge in [-0.3, -0.25) is 0 Å². The Kier molecular flexibility index (Phi) is 8.17. The standard InChI is InChI=1S/C58H38N2O/c1-2-17-41-38-42(33-32-39(41)16-1)44-18-3-9-26-52(44)59(43-36-34-40(35-37-43)45-24-15-25-51-50-23-8-14-31-57(50)61-58(45)51)53-27-10-4-19-46(53)47-20-5-11-28-54(47)60-55-29-12-6-21-48(55)49-22-7-13-30-56(49)60/h1-38H. The van der Waals surface area contributed by atoms with Gasteiger partial charge in [-0.25, -0.2) is 0 Å². The number of fused-ring (bicyclic) bond motifs is 7. The Morgan fingerprint density at radius 2 is 0.885 bits per heavy atom. The first kappa shape index (κ1) is 34.9. The van der Waals surface area contributed by atoms with Gasteiger partial charge >= 0.3 is 0 Å². The highest BCUT2D eigenvalue weighted by Gasteiger charge is 2.23. The number of aromatic nitrogens is 1. The first-order valence-corrected chi connectivity index (χ1v) is 20.8. The molecule has 0 radical (unpaired) electrons. The van der Waals surface area contributed by atoms with E-state index in [0.29, 0.717) is 0 Å². The third-order valence-corrected chi connectivity index (χ3v) is 12.2. The zero-order valence-electron chi connectivity index (χ0n) is 33.2. The minimum absolute atomic E-state index is 0.899. The summed E-state index contributed by atoms with van der Waals surface area (Å²) in [5.74, 6) is 0. The van der Waals surface area contributed by atoms with Crippen LogP contribution in [0.2, 0.25) is 0 Å². The van der Waals surface area contributed by atoms with Gasteiger partial charge in [0.25, 0.3) is 0 Å². The number of furan rings is 1. The molecule has 0 amide bonds. The number of nitrogens with zero attached hydrogens (tertiary/aromatic N) is 2. The Morgan fingerprint density at radius 1 is 0.344 bits per heavy atom. The van der Waals surface area contributed by atoms with E-state index in [1.807, 2.05) is 12.1 Å². The molecule has 3 nitrogen and oxygen atoms in total. The van der Waals surface area contributed by atoms with E-state index in [1.54, 1.807) is 0 Å². The summed E-state index contributed by atoms with van der Waals surface area (Å²) in [6.07, 6.45) is 0. The third kappa shape index (κ3) is 5.74. The van der Waals surface area contributed by atoms with Crippen LogP contribution in [0.25, 0.3) is 93.6 Å². The van der Waals surface area contributed by atoms with E-state index in [1.165, 1.54) is 32.6 Å². The van der Waals surface area contributed by atoms with E-state index in [4.69, 9.17) is 4.42 Å². The third-order valence-electron chi connectivity index (χ3n) is 12.2. The van der Waals surface area contributed by atoms with Crippen molar-refractivity contribution in [1.29, 1.82) is 0 Å². The second kappa shape index (κ2) is 14.3. The zero-order chi connectivity index (χ0) is 40.3. The molecule has 286 valence electrons. The fourth-order valence-electron chi connectivity index (χ4n) is 9.42. The van der Waals surface area contributed by atoms with Gasteiger partial charge in [0.15, 0.2) is 0 Å². The van der Waals surface area contributed by atoms with Crippen molar-refractivity contribution in [2.75, 3.05) is 4.90 Å². The lowest BCUT2D eigenvalue weighted by Gasteiger charge is -2.30. The van der Waals surface area contributed by atoms with Crippen LogP contribution in [-0.2, 0) is 0 Å². The maximum absolute atomic E-state index is 6.50. The van der Waals surface area contributed by atoms with Gasteiger partial charge in [0.1, 0.15) is 11.2 Å². The van der Waals surface area contributed by atoms with Crippen LogP contribution >= 0.6 is 0 Å². The molecule has 0 aliphatic heterocycles. The van der Waals surface area contributed by atoms with Crippen molar-refractivity contribution in [2.45, 2.75) is 0 Å². The first-order chi connectivity index (χ1) is 30.3. The van der Waals surface area contributed by atoms with Crippen LogP contribution in [-0.4, -0.2) is 4.57 Å². The fraction of sp³-hybridized carbons (Fsp3) is 0. The Hall–Kier alpha value is -8.14. The van der Waals surface area contributed by atoms with Gasteiger partial charge in [0.2, 0.25) is 0 Å². The molecule has 2 aromatic heterocycles. The number of rotatable bonds is 7. The first-order valence-electron chi connectivity index (χ1n) is 20.8. The van der Waals surface area contributed by atoms with Crippen molar-refractivity contribution < 1.29 is 4.42 Å². The smallest absolute Gasteiger partial charge is 0.143 e. The average Bonchev–Trinajstić information content (AvgIpc) is 3.88. The molecule has 10 aromatic carbocycles. The highest BCUT2D eigenvalue weighted by atomic mass is 16.3. The number of anilines is 3. The Morgan fingerprint density at radius 3 is 1.66 bits per heavy atom. The van der Waals surface area contributed by atoms with E-state index in [9.17, 15) is 0 Å². The van der Waals surface area contributed by atoms with E-state index in [-0.39, 0.29) is 0 Å². The van der Waals surface area contributed by atoms with Gasteiger partial charge in [-0.2, -0.15) is 0 Å². The highest BCUT2D eigenvalue weighted by Crippen LogP contribution is 2.47. The normalized spacial score (nSPS) is 11.6. The summed E-state index contributed by atoms with van der Waals surface area (Å²) >= 11 is 0. The molecule has 0 saturated carbocycles. The van der Waals surface area contributed by atoms with Crippen molar-refractivity contribution in [3.05, 3.63) is 231 Å². The van der Waals surface area contributed by atoms with Crippen molar-refractivity contribution in [3.63, 3.8) is 0 Å². The maximum atomic E-state index is 6.50. The molecule has 0 spiro atoms. The predicted octanol–water partition coefficient (Wildman–Crippen LogP) is 16.3. The average molecular weight is 779 g/mol. The number of para-hydroxylation sites is 7. The summed E-state index contributed by atoms with van der Waals surface area (Å²) in [6.45, 7) is 0. The van der Waals surface area contributed by atoms with Crippen LogP contribution < -0.4 is 4.90 Å². The van der Waals surface area contributed by atoms with Gasteiger partial charge in [0.05, 0.1) is 28.1 Å². The lowest BCUT2D eigenvalue weighted by atomic mass is 9.96. The van der Waals surface area contributed by atoms with Gasteiger partial charge in [-0.1, -0.05) is 176 Å². The molecule has 0 N–H and O–H groups in total. The van der Waals surface area contributed by atoms with Crippen LogP contribution in [0.4, 0.5) is 17.1 Å². The van der Waals surface area contributed by atoms with Crippen molar-refractivity contribution in [1.82, 2.24) is 4.57 Å². The summed E-state index contributed by atoms with van der Waals surface area (Å²) in [5, 5.41) is 7.17.